The highest BCUT2D eigenvalue weighted by Crippen LogP contribution is 2.35. The van der Waals surface area contributed by atoms with E-state index in [-0.39, 0.29) is 0 Å². The minimum Gasteiger partial charge on any atom is -0.294 e. The van der Waals surface area contributed by atoms with Gasteiger partial charge in [-0.1, -0.05) is 13.0 Å². The average molecular weight is 164 g/mol. The highest BCUT2D eigenvalue weighted by atomic mass is 16.1. The van der Waals surface area contributed by atoms with E-state index in [0.29, 0.717) is 11.7 Å². The fourth-order valence-corrected chi connectivity index (χ4v) is 1.80. The molecule has 1 fully saturated rings. The molecule has 2 rings (SSSR count). The molecule has 0 bridgehead atoms. The number of carbonyl (C=O) groups excluding carboxylic acids is 1. The molecular weight excluding hydrogens is 148 g/mol. The zero-order valence-electron chi connectivity index (χ0n) is 7.68. The van der Waals surface area contributed by atoms with Crippen molar-refractivity contribution in [3.63, 3.8) is 0 Å². The molecule has 0 aromatic rings. The van der Waals surface area contributed by atoms with Crippen LogP contribution < -0.4 is 0 Å². The second-order valence-electron chi connectivity index (χ2n) is 4.25. The normalized spacial score (nSPS) is 29.8. The Morgan fingerprint density at radius 2 is 2.17 bits per heavy atom. The molecule has 2 aliphatic carbocycles. The smallest absolute Gasteiger partial charge is 0.161 e. The molecule has 0 aromatic heterocycles. The van der Waals surface area contributed by atoms with Crippen LogP contribution in [0.4, 0.5) is 0 Å². The number of hydrogen-bond donors (Lipinski definition) is 0. The van der Waals surface area contributed by atoms with Crippen molar-refractivity contribution in [1.29, 1.82) is 0 Å². The standard InChI is InChI=1S/C11H16O/c1-8-2-4-9(5-3-8)11(12)10-6-7-10/h4,8,10H,2-3,5-7H2,1H3. The number of carbonyl (C=O) groups is 1. The van der Waals surface area contributed by atoms with Crippen molar-refractivity contribution in [2.75, 3.05) is 0 Å². The van der Waals surface area contributed by atoms with Crippen molar-refractivity contribution in [2.45, 2.75) is 39.0 Å². The highest BCUT2D eigenvalue weighted by molar-refractivity contribution is 5.98. The SMILES string of the molecule is CC1CC=C(C(=O)C2CC2)CC1. The lowest BCUT2D eigenvalue weighted by molar-refractivity contribution is -0.116. The Labute approximate surface area is 73.8 Å². The third-order valence-corrected chi connectivity index (χ3v) is 2.94. The second-order valence-corrected chi connectivity index (χ2v) is 4.25. The average Bonchev–Trinajstić information content (AvgIpc) is 2.87. The van der Waals surface area contributed by atoms with Crippen molar-refractivity contribution < 1.29 is 4.79 Å². The van der Waals surface area contributed by atoms with Gasteiger partial charge in [-0.3, -0.25) is 4.79 Å². The van der Waals surface area contributed by atoms with Crippen molar-refractivity contribution in [2.24, 2.45) is 11.8 Å². The first-order chi connectivity index (χ1) is 5.77. The molecule has 0 amide bonds. The Morgan fingerprint density at radius 1 is 1.42 bits per heavy atom. The lowest BCUT2D eigenvalue weighted by Gasteiger charge is -2.16. The van der Waals surface area contributed by atoms with Crippen LogP contribution in [-0.4, -0.2) is 5.78 Å². The Hall–Kier alpha value is -0.590. The van der Waals surface area contributed by atoms with Gasteiger partial charge in [-0.15, -0.1) is 0 Å². The molecule has 1 atom stereocenters. The van der Waals surface area contributed by atoms with E-state index in [1.807, 2.05) is 0 Å². The number of allylic oxidation sites excluding steroid dienone is 2. The van der Waals surface area contributed by atoms with Crippen LogP contribution in [0.5, 0.6) is 0 Å². The van der Waals surface area contributed by atoms with Gasteiger partial charge in [0.25, 0.3) is 0 Å². The Kier molecular flexibility index (Phi) is 2.03. The zero-order valence-corrected chi connectivity index (χ0v) is 7.68. The molecule has 1 unspecified atom stereocenters. The lowest BCUT2D eigenvalue weighted by atomic mass is 9.88. The van der Waals surface area contributed by atoms with E-state index in [1.165, 1.54) is 6.42 Å². The lowest BCUT2D eigenvalue weighted by Crippen LogP contribution is -2.10. The van der Waals surface area contributed by atoms with Crippen LogP contribution >= 0.6 is 0 Å². The van der Waals surface area contributed by atoms with Gasteiger partial charge in [-0.2, -0.15) is 0 Å². The second kappa shape index (κ2) is 3.04. The predicted molar refractivity (Wildman–Crippen MR) is 48.8 cm³/mol. The molecule has 1 heteroatoms. The van der Waals surface area contributed by atoms with Gasteiger partial charge in [-0.05, 0) is 43.6 Å². The van der Waals surface area contributed by atoms with E-state index >= 15 is 0 Å². The van der Waals surface area contributed by atoms with Crippen molar-refractivity contribution >= 4 is 5.78 Å². The monoisotopic (exact) mass is 164 g/mol. The third-order valence-electron chi connectivity index (χ3n) is 2.94. The van der Waals surface area contributed by atoms with Gasteiger partial charge in [0.1, 0.15) is 0 Å². The molecule has 0 spiro atoms. The molecule has 2 aliphatic rings. The van der Waals surface area contributed by atoms with Crippen LogP contribution in [0.25, 0.3) is 0 Å². The van der Waals surface area contributed by atoms with E-state index in [4.69, 9.17) is 0 Å². The minimum absolute atomic E-state index is 0.421. The van der Waals surface area contributed by atoms with E-state index in [0.717, 1.165) is 37.2 Å². The summed E-state index contributed by atoms with van der Waals surface area (Å²) in [6.45, 7) is 2.26. The van der Waals surface area contributed by atoms with Gasteiger partial charge >= 0.3 is 0 Å². The van der Waals surface area contributed by atoms with Gasteiger partial charge in [0.2, 0.25) is 0 Å². The molecule has 0 saturated heterocycles. The first-order valence-corrected chi connectivity index (χ1v) is 5.00. The maximum atomic E-state index is 11.6. The molecule has 0 aliphatic heterocycles. The minimum atomic E-state index is 0.421. The highest BCUT2D eigenvalue weighted by Gasteiger charge is 2.32. The van der Waals surface area contributed by atoms with Crippen molar-refractivity contribution in [3.8, 4) is 0 Å². The van der Waals surface area contributed by atoms with Crippen LogP contribution in [0.2, 0.25) is 0 Å². The maximum absolute atomic E-state index is 11.6. The van der Waals surface area contributed by atoms with Crippen LogP contribution in [0.3, 0.4) is 0 Å². The molecule has 66 valence electrons. The van der Waals surface area contributed by atoms with E-state index in [9.17, 15) is 4.79 Å². The Bertz CT molecular complexity index is 223. The first-order valence-electron chi connectivity index (χ1n) is 5.00. The summed E-state index contributed by atoms with van der Waals surface area (Å²) in [6, 6.07) is 0. The van der Waals surface area contributed by atoms with Crippen LogP contribution in [0.1, 0.15) is 39.0 Å². The predicted octanol–water partition coefficient (Wildman–Crippen LogP) is 2.71. The quantitative estimate of drug-likeness (QED) is 0.613. The molecule has 0 aromatic carbocycles. The van der Waals surface area contributed by atoms with Gasteiger partial charge in [0, 0.05) is 5.92 Å². The van der Waals surface area contributed by atoms with Crippen LogP contribution in [0.15, 0.2) is 11.6 Å². The number of rotatable bonds is 2. The van der Waals surface area contributed by atoms with E-state index in [2.05, 4.69) is 13.0 Å². The van der Waals surface area contributed by atoms with Crippen molar-refractivity contribution in [3.05, 3.63) is 11.6 Å². The summed E-state index contributed by atoms with van der Waals surface area (Å²) in [4.78, 5) is 11.6. The van der Waals surface area contributed by atoms with E-state index < -0.39 is 0 Å². The summed E-state index contributed by atoms with van der Waals surface area (Å²) >= 11 is 0. The molecule has 0 N–H and O–H groups in total. The maximum Gasteiger partial charge on any atom is 0.161 e. The summed E-state index contributed by atoms with van der Waals surface area (Å²) in [7, 11) is 0. The fraction of sp³-hybridized carbons (Fsp3) is 0.727. The van der Waals surface area contributed by atoms with Crippen LogP contribution in [0, 0.1) is 11.8 Å². The fourth-order valence-electron chi connectivity index (χ4n) is 1.80. The molecule has 1 saturated carbocycles. The molecule has 12 heavy (non-hydrogen) atoms. The number of hydrogen-bond acceptors (Lipinski definition) is 1. The first kappa shape index (κ1) is 8.03. The number of Topliss-reactive ketones (excluding diaryl/α,β-unsaturated/α-hetero) is 1. The molecule has 0 radical (unpaired) electrons. The van der Waals surface area contributed by atoms with Crippen molar-refractivity contribution in [1.82, 2.24) is 0 Å². The summed E-state index contributed by atoms with van der Waals surface area (Å²) in [6.07, 6.45) is 7.83. The summed E-state index contributed by atoms with van der Waals surface area (Å²) in [5, 5.41) is 0. The van der Waals surface area contributed by atoms with Gasteiger partial charge in [0.05, 0.1) is 0 Å². The Morgan fingerprint density at radius 3 is 2.67 bits per heavy atom. The topological polar surface area (TPSA) is 17.1 Å². The summed E-state index contributed by atoms with van der Waals surface area (Å²) < 4.78 is 0. The Balaban J connectivity index is 1.99. The van der Waals surface area contributed by atoms with E-state index in [1.54, 1.807) is 0 Å². The molecular formula is C11H16O. The number of ketones is 1. The summed E-state index contributed by atoms with van der Waals surface area (Å²) in [5.41, 5.74) is 1.13. The third kappa shape index (κ3) is 1.60. The van der Waals surface area contributed by atoms with Crippen LogP contribution in [-0.2, 0) is 4.79 Å². The van der Waals surface area contributed by atoms with Gasteiger partial charge in [-0.25, -0.2) is 0 Å². The largest absolute Gasteiger partial charge is 0.294 e. The van der Waals surface area contributed by atoms with Gasteiger partial charge < -0.3 is 0 Å². The molecule has 0 heterocycles. The zero-order chi connectivity index (χ0) is 8.55. The molecule has 1 nitrogen and oxygen atoms in total. The van der Waals surface area contributed by atoms with Gasteiger partial charge in [0.15, 0.2) is 5.78 Å². The summed E-state index contributed by atoms with van der Waals surface area (Å²) in [5.74, 6) is 1.67.